The minimum absolute atomic E-state index is 0.512. The number of nitrogen functional groups attached to an aromatic ring is 2. The summed E-state index contributed by atoms with van der Waals surface area (Å²) in [7, 11) is 0. The largest absolute Gasteiger partial charge is 0.389 e. The van der Waals surface area contributed by atoms with Crippen LogP contribution < -0.4 is 11.5 Å². The zero-order valence-electron chi connectivity index (χ0n) is 7.82. The molecule has 0 aliphatic rings. The lowest BCUT2D eigenvalue weighted by atomic mass is 10.1. The third-order valence-electron chi connectivity index (χ3n) is 1.99. The zero-order chi connectivity index (χ0) is 10.1. The number of anilines is 2. The van der Waals surface area contributed by atoms with E-state index in [9.17, 15) is 0 Å². The van der Waals surface area contributed by atoms with Crippen molar-refractivity contribution < 1.29 is 0 Å². The van der Waals surface area contributed by atoms with E-state index in [2.05, 4.69) is 4.98 Å². The minimum Gasteiger partial charge on any atom is -0.389 e. The molecule has 3 nitrogen and oxygen atoms in total. The van der Waals surface area contributed by atoms with Gasteiger partial charge in [0.05, 0.1) is 0 Å². The fourth-order valence-corrected chi connectivity index (χ4v) is 1.89. The lowest BCUT2D eigenvalue weighted by molar-refractivity contribution is 1.40. The molecule has 0 fully saturated rings. The molecule has 1 aromatic heterocycles. The van der Waals surface area contributed by atoms with Crippen molar-refractivity contribution in [1.82, 2.24) is 4.98 Å². The molecular weight excluding hydrogens is 194 g/mol. The van der Waals surface area contributed by atoms with Gasteiger partial charge in [-0.2, -0.15) is 0 Å². The van der Waals surface area contributed by atoms with E-state index in [1.54, 1.807) is 0 Å². The molecule has 0 unspecified atom stereocenters. The molecule has 0 aliphatic carbocycles. The Morgan fingerprint density at radius 3 is 2.29 bits per heavy atom. The van der Waals surface area contributed by atoms with Crippen LogP contribution in [0, 0.1) is 6.92 Å². The second-order valence-electron chi connectivity index (χ2n) is 3.13. The molecule has 2 aromatic rings. The molecule has 14 heavy (non-hydrogen) atoms. The molecule has 0 bridgehead atoms. The smallest absolute Gasteiger partial charge is 0.182 e. The average molecular weight is 205 g/mol. The lowest BCUT2D eigenvalue weighted by Gasteiger charge is -1.98. The number of hydrogen-bond donors (Lipinski definition) is 2. The Balaban J connectivity index is 2.49. The fourth-order valence-electron chi connectivity index (χ4n) is 1.27. The summed E-state index contributed by atoms with van der Waals surface area (Å²) in [5.41, 5.74) is 14.4. The van der Waals surface area contributed by atoms with Gasteiger partial charge >= 0.3 is 0 Å². The van der Waals surface area contributed by atoms with Crippen molar-refractivity contribution in [3.8, 4) is 11.3 Å². The van der Waals surface area contributed by atoms with Gasteiger partial charge in [-0.05, 0) is 6.92 Å². The van der Waals surface area contributed by atoms with Crippen LogP contribution in [0.1, 0.15) is 5.56 Å². The highest BCUT2D eigenvalue weighted by molar-refractivity contribution is 7.19. The third-order valence-corrected chi connectivity index (χ3v) is 2.71. The predicted octanol–water partition coefficient (Wildman–Crippen LogP) is 2.28. The van der Waals surface area contributed by atoms with Crippen LogP contribution in [0.3, 0.4) is 0 Å². The highest BCUT2D eigenvalue weighted by atomic mass is 32.1. The molecule has 0 atom stereocenters. The summed E-state index contributed by atoms with van der Waals surface area (Å²) in [6.07, 6.45) is 0. The number of aryl methyl sites for hydroxylation is 1. The maximum atomic E-state index is 5.79. The predicted molar refractivity (Wildman–Crippen MR) is 61.1 cm³/mol. The first-order valence-corrected chi connectivity index (χ1v) is 5.07. The van der Waals surface area contributed by atoms with E-state index in [4.69, 9.17) is 11.5 Å². The van der Waals surface area contributed by atoms with Crippen LogP contribution >= 0.6 is 11.3 Å². The Kier molecular flexibility index (Phi) is 2.13. The lowest BCUT2D eigenvalue weighted by Crippen LogP contribution is -1.86. The average Bonchev–Trinajstić information content (AvgIpc) is 2.47. The van der Waals surface area contributed by atoms with E-state index >= 15 is 0 Å². The van der Waals surface area contributed by atoms with Gasteiger partial charge in [0.25, 0.3) is 0 Å². The number of nitrogens with zero attached hydrogens (tertiary/aromatic N) is 1. The molecule has 1 heterocycles. The Morgan fingerprint density at radius 2 is 1.79 bits per heavy atom. The third kappa shape index (κ3) is 1.56. The van der Waals surface area contributed by atoms with E-state index in [0.717, 1.165) is 11.3 Å². The summed E-state index contributed by atoms with van der Waals surface area (Å²) in [4.78, 5) is 4.18. The van der Waals surface area contributed by atoms with Crippen molar-refractivity contribution in [2.24, 2.45) is 0 Å². The molecule has 0 aliphatic heterocycles. The number of benzene rings is 1. The number of hydrogen-bond acceptors (Lipinski definition) is 4. The van der Waals surface area contributed by atoms with E-state index in [0.29, 0.717) is 10.1 Å². The van der Waals surface area contributed by atoms with Crippen molar-refractivity contribution in [2.45, 2.75) is 6.92 Å². The molecule has 0 saturated heterocycles. The van der Waals surface area contributed by atoms with Gasteiger partial charge in [0.15, 0.2) is 5.13 Å². The Morgan fingerprint density at radius 1 is 1.14 bits per heavy atom. The quantitative estimate of drug-likeness (QED) is 0.750. The summed E-state index contributed by atoms with van der Waals surface area (Å²) in [6.45, 7) is 2.04. The maximum Gasteiger partial charge on any atom is 0.182 e. The van der Waals surface area contributed by atoms with Gasteiger partial charge < -0.3 is 11.5 Å². The second-order valence-corrected chi connectivity index (χ2v) is 4.19. The van der Waals surface area contributed by atoms with Gasteiger partial charge in [0, 0.05) is 5.56 Å². The van der Waals surface area contributed by atoms with E-state index < -0.39 is 0 Å². The van der Waals surface area contributed by atoms with E-state index in [-0.39, 0.29) is 0 Å². The molecule has 2 rings (SSSR count). The Hall–Kier alpha value is -1.55. The zero-order valence-corrected chi connectivity index (χ0v) is 8.64. The number of rotatable bonds is 1. The SMILES string of the molecule is Cc1ccc(-c2nc(N)sc2N)cc1. The molecule has 0 spiro atoms. The van der Waals surface area contributed by atoms with Crippen LogP contribution in [-0.4, -0.2) is 4.98 Å². The molecule has 4 heteroatoms. The van der Waals surface area contributed by atoms with Crippen LogP contribution in [0.2, 0.25) is 0 Å². The summed E-state index contributed by atoms with van der Waals surface area (Å²) >= 11 is 1.31. The first-order valence-electron chi connectivity index (χ1n) is 4.25. The van der Waals surface area contributed by atoms with Crippen LogP contribution in [0.15, 0.2) is 24.3 Å². The standard InChI is InChI=1S/C10H11N3S/c1-6-2-4-7(5-3-6)8-9(11)14-10(12)13-8/h2-5H,11H2,1H3,(H2,12,13). The van der Waals surface area contributed by atoms with Gasteiger partial charge in [-0.3, -0.25) is 0 Å². The first-order chi connectivity index (χ1) is 6.66. The van der Waals surface area contributed by atoms with Crippen LogP contribution in [-0.2, 0) is 0 Å². The fraction of sp³-hybridized carbons (Fsp3) is 0.100. The monoisotopic (exact) mass is 205 g/mol. The Bertz CT molecular complexity index is 445. The van der Waals surface area contributed by atoms with E-state index in [1.165, 1.54) is 16.9 Å². The first kappa shape index (κ1) is 9.02. The van der Waals surface area contributed by atoms with Crippen LogP contribution in [0.4, 0.5) is 10.1 Å². The summed E-state index contributed by atoms with van der Waals surface area (Å²) < 4.78 is 0. The number of thiazole rings is 1. The van der Waals surface area contributed by atoms with Gasteiger partial charge in [0.2, 0.25) is 0 Å². The Labute approximate surface area is 86.4 Å². The second kappa shape index (κ2) is 3.31. The normalized spacial score (nSPS) is 10.4. The minimum atomic E-state index is 0.512. The van der Waals surface area contributed by atoms with Crippen LogP contribution in [0.25, 0.3) is 11.3 Å². The summed E-state index contributed by atoms with van der Waals surface area (Å²) in [5, 5.41) is 1.18. The van der Waals surface area contributed by atoms with Gasteiger partial charge in [-0.15, -0.1) is 0 Å². The molecule has 0 saturated carbocycles. The van der Waals surface area contributed by atoms with Gasteiger partial charge in [-0.25, -0.2) is 4.98 Å². The highest BCUT2D eigenvalue weighted by Gasteiger charge is 2.07. The summed E-state index contributed by atoms with van der Waals surface area (Å²) in [6, 6.07) is 8.06. The van der Waals surface area contributed by atoms with Crippen molar-refractivity contribution in [3.05, 3.63) is 29.8 Å². The van der Waals surface area contributed by atoms with Crippen molar-refractivity contribution in [3.63, 3.8) is 0 Å². The maximum absolute atomic E-state index is 5.79. The highest BCUT2D eigenvalue weighted by Crippen LogP contribution is 2.31. The van der Waals surface area contributed by atoms with Crippen molar-refractivity contribution in [1.29, 1.82) is 0 Å². The number of aromatic nitrogens is 1. The summed E-state index contributed by atoms with van der Waals surface area (Å²) in [5.74, 6) is 0. The molecule has 1 aromatic carbocycles. The molecule has 0 amide bonds. The van der Waals surface area contributed by atoms with Gasteiger partial charge in [0.1, 0.15) is 10.7 Å². The molecular formula is C10H11N3S. The number of nitrogens with two attached hydrogens (primary N) is 2. The van der Waals surface area contributed by atoms with Gasteiger partial charge in [-0.1, -0.05) is 41.2 Å². The van der Waals surface area contributed by atoms with Crippen LogP contribution in [0.5, 0.6) is 0 Å². The molecule has 72 valence electrons. The van der Waals surface area contributed by atoms with Crippen molar-refractivity contribution >= 4 is 21.5 Å². The molecule has 0 radical (unpaired) electrons. The molecule has 4 N–H and O–H groups in total. The topological polar surface area (TPSA) is 64.9 Å². The van der Waals surface area contributed by atoms with E-state index in [1.807, 2.05) is 31.2 Å². The van der Waals surface area contributed by atoms with Crippen molar-refractivity contribution in [2.75, 3.05) is 11.5 Å².